The number of nitrogens with zero attached hydrogens (tertiary/aromatic N) is 1. The van der Waals surface area contributed by atoms with E-state index in [1.54, 1.807) is 55.5 Å². The molecule has 2 aromatic heterocycles. The highest BCUT2D eigenvalue weighted by molar-refractivity contribution is 6.20. The summed E-state index contributed by atoms with van der Waals surface area (Å²) in [6.45, 7) is 3.81. The highest BCUT2D eigenvalue weighted by atomic mass is 16.5. The van der Waals surface area contributed by atoms with Crippen LogP contribution in [0, 0.1) is 6.92 Å². The highest BCUT2D eigenvalue weighted by Gasteiger charge is 2.47. The molecule has 34 heavy (non-hydrogen) atoms. The van der Waals surface area contributed by atoms with Gasteiger partial charge in [-0.05, 0) is 55.3 Å². The normalized spacial score (nSPS) is 16.0. The van der Waals surface area contributed by atoms with Crippen LogP contribution in [0.5, 0.6) is 5.75 Å². The van der Waals surface area contributed by atoms with Gasteiger partial charge < -0.3 is 18.7 Å². The lowest BCUT2D eigenvalue weighted by atomic mass is 9.99. The predicted octanol–water partition coefficient (Wildman–Crippen LogP) is 5.69. The summed E-state index contributed by atoms with van der Waals surface area (Å²) < 4.78 is 17.0. The van der Waals surface area contributed by atoms with Crippen molar-refractivity contribution in [3.8, 4) is 5.75 Å². The number of ketones is 1. The Hall–Kier alpha value is -4.26. The lowest BCUT2D eigenvalue weighted by Gasteiger charge is -2.25. The van der Waals surface area contributed by atoms with Crippen molar-refractivity contribution in [1.29, 1.82) is 0 Å². The number of aryl methyl sites for hydroxylation is 2. The molecule has 5 rings (SSSR count). The van der Waals surface area contributed by atoms with Crippen molar-refractivity contribution >= 4 is 28.3 Å². The van der Waals surface area contributed by atoms with Crippen molar-refractivity contribution < 1.29 is 28.3 Å². The summed E-state index contributed by atoms with van der Waals surface area (Å²) in [6, 6.07) is 16.8. The van der Waals surface area contributed by atoms with Crippen LogP contribution in [0.4, 0.5) is 5.69 Å². The van der Waals surface area contributed by atoms with Crippen LogP contribution >= 0.6 is 0 Å². The number of anilines is 1. The standard InChI is InChI=1S/C27H23NO6/c1-4-16-9-11-18(12-10-16)28-23(19-13-8-15(2)33-19)22(25(30)27(28)31)24(29)21-14-17-6-5-7-20(32-3)26(17)34-21/h5-14,23,30H,4H2,1-3H3. The van der Waals surface area contributed by atoms with E-state index in [1.165, 1.54) is 12.0 Å². The number of hydrogen-bond acceptors (Lipinski definition) is 6. The fourth-order valence-electron chi connectivity index (χ4n) is 4.31. The molecule has 7 nitrogen and oxygen atoms in total. The van der Waals surface area contributed by atoms with Gasteiger partial charge in [-0.15, -0.1) is 0 Å². The molecule has 0 spiro atoms. The second-order valence-electron chi connectivity index (χ2n) is 8.13. The average molecular weight is 457 g/mol. The van der Waals surface area contributed by atoms with Crippen LogP contribution in [0.1, 0.15) is 40.6 Å². The number of methoxy groups -OCH3 is 1. The molecular formula is C27H23NO6. The van der Waals surface area contributed by atoms with Crippen LogP contribution in [-0.2, 0) is 11.2 Å². The third-order valence-electron chi connectivity index (χ3n) is 6.06. The third kappa shape index (κ3) is 3.37. The van der Waals surface area contributed by atoms with Crippen molar-refractivity contribution in [2.75, 3.05) is 12.0 Å². The monoisotopic (exact) mass is 457 g/mol. The van der Waals surface area contributed by atoms with Gasteiger partial charge in [0.15, 0.2) is 22.9 Å². The second-order valence-corrected chi connectivity index (χ2v) is 8.13. The molecule has 1 atom stereocenters. The minimum absolute atomic E-state index is 0.00897. The Morgan fingerprint density at radius 1 is 1.09 bits per heavy atom. The summed E-state index contributed by atoms with van der Waals surface area (Å²) >= 11 is 0. The lowest BCUT2D eigenvalue weighted by molar-refractivity contribution is -0.117. The predicted molar refractivity (Wildman–Crippen MR) is 126 cm³/mol. The Kier molecular flexibility index (Phi) is 5.24. The largest absolute Gasteiger partial charge is 0.503 e. The number of Topliss-reactive ketones (excluding diaryl/α,β-unsaturated/α-hetero) is 1. The van der Waals surface area contributed by atoms with Crippen LogP contribution in [0.25, 0.3) is 11.0 Å². The minimum atomic E-state index is -0.948. The Morgan fingerprint density at radius 3 is 2.50 bits per heavy atom. The van der Waals surface area contributed by atoms with Gasteiger partial charge in [0.05, 0.1) is 12.7 Å². The number of furan rings is 2. The molecule has 0 aliphatic carbocycles. The Bertz CT molecular complexity index is 1440. The summed E-state index contributed by atoms with van der Waals surface area (Å²) in [6.07, 6.45) is 0.845. The first-order chi connectivity index (χ1) is 16.4. The zero-order valence-corrected chi connectivity index (χ0v) is 19.0. The maximum absolute atomic E-state index is 13.7. The van der Waals surface area contributed by atoms with Gasteiger partial charge in [0.1, 0.15) is 17.6 Å². The molecule has 0 fully saturated rings. The van der Waals surface area contributed by atoms with Crippen molar-refractivity contribution in [2.24, 2.45) is 0 Å². The number of rotatable bonds is 6. The van der Waals surface area contributed by atoms with E-state index in [4.69, 9.17) is 13.6 Å². The number of hydrogen-bond donors (Lipinski definition) is 1. The summed E-state index contributed by atoms with van der Waals surface area (Å²) in [4.78, 5) is 28.3. The SMILES string of the molecule is CCc1ccc(N2C(=O)C(O)=C(C(=O)c3cc4cccc(OC)c4o3)C2c2ccc(C)o2)cc1. The number of aliphatic hydroxyl groups excluding tert-OH is 1. The average Bonchev–Trinajstić information content (AvgIpc) is 3.55. The summed E-state index contributed by atoms with van der Waals surface area (Å²) in [5.74, 6) is -0.451. The van der Waals surface area contributed by atoms with E-state index < -0.39 is 23.5 Å². The molecule has 1 aliphatic rings. The Morgan fingerprint density at radius 2 is 1.85 bits per heavy atom. The highest BCUT2D eigenvalue weighted by Crippen LogP contribution is 2.43. The van der Waals surface area contributed by atoms with Gasteiger partial charge in [-0.3, -0.25) is 14.5 Å². The number of amides is 1. The van der Waals surface area contributed by atoms with Crippen molar-refractivity contribution in [3.05, 3.63) is 94.8 Å². The molecule has 2 aromatic carbocycles. The van der Waals surface area contributed by atoms with Gasteiger partial charge >= 0.3 is 0 Å². The summed E-state index contributed by atoms with van der Waals surface area (Å²) in [5, 5.41) is 11.6. The van der Waals surface area contributed by atoms with E-state index in [0.29, 0.717) is 33.9 Å². The number of fused-ring (bicyclic) bond motifs is 1. The first-order valence-electron chi connectivity index (χ1n) is 11.0. The molecule has 1 unspecified atom stereocenters. The fourth-order valence-corrected chi connectivity index (χ4v) is 4.31. The number of aliphatic hydroxyl groups is 1. The molecule has 0 radical (unpaired) electrons. The van der Waals surface area contributed by atoms with Gasteiger partial charge in [0.25, 0.3) is 5.91 Å². The Balaban J connectivity index is 1.63. The molecule has 1 aliphatic heterocycles. The van der Waals surface area contributed by atoms with E-state index in [9.17, 15) is 14.7 Å². The maximum Gasteiger partial charge on any atom is 0.294 e. The van der Waals surface area contributed by atoms with Crippen LogP contribution < -0.4 is 9.64 Å². The van der Waals surface area contributed by atoms with Crippen LogP contribution in [-0.4, -0.2) is 23.9 Å². The van der Waals surface area contributed by atoms with E-state index in [1.807, 2.05) is 19.1 Å². The summed E-state index contributed by atoms with van der Waals surface area (Å²) in [7, 11) is 1.51. The molecule has 0 bridgehead atoms. The zero-order chi connectivity index (χ0) is 24.0. The lowest BCUT2D eigenvalue weighted by Crippen LogP contribution is -2.30. The fraction of sp³-hybridized carbons (Fsp3) is 0.185. The van der Waals surface area contributed by atoms with Crippen LogP contribution in [0.2, 0.25) is 0 Å². The van der Waals surface area contributed by atoms with Gasteiger partial charge in [0, 0.05) is 11.1 Å². The number of carbonyl (C=O) groups is 2. The van der Waals surface area contributed by atoms with E-state index >= 15 is 0 Å². The maximum atomic E-state index is 13.7. The van der Waals surface area contributed by atoms with Crippen molar-refractivity contribution in [2.45, 2.75) is 26.3 Å². The molecule has 7 heteroatoms. The molecule has 0 saturated heterocycles. The van der Waals surface area contributed by atoms with Crippen LogP contribution in [0.15, 0.2) is 80.8 Å². The first-order valence-corrected chi connectivity index (χ1v) is 11.0. The smallest absolute Gasteiger partial charge is 0.294 e. The van der Waals surface area contributed by atoms with Gasteiger partial charge in [-0.2, -0.15) is 0 Å². The minimum Gasteiger partial charge on any atom is -0.503 e. The Labute approximate surface area is 195 Å². The van der Waals surface area contributed by atoms with E-state index in [0.717, 1.165) is 12.0 Å². The molecule has 4 aromatic rings. The topological polar surface area (TPSA) is 93.1 Å². The van der Waals surface area contributed by atoms with Crippen molar-refractivity contribution in [1.82, 2.24) is 0 Å². The van der Waals surface area contributed by atoms with Gasteiger partial charge in [-0.25, -0.2) is 0 Å². The molecular weight excluding hydrogens is 434 g/mol. The number of para-hydroxylation sites is 1. The molecule has 3 heterocycles. The number of carbonyl (C=O) groups excluding carboxylic acids is 2. The first kappa shape index (κ1) is 21.6. The number of ether oxygens (including phenoxy) is 1. The van der Waals surface area contributed by atoms with E-state index in [2.05, 4.69) is 0 Å². The summed E-state index contributed by atoms with van der Waals surface area (Å²) in [5.41, 5.74) is 1.96. The van der Waals surface area contributed by atoms with Crippen LogP contribution in [0.3, 0.4) is 0 Å². The van der Waals surface area contributed by atoms with Crippen molar-refractivity contribution in [3.63, 3.8) is 0 Å². The van der Waals surface area contributed by atoms with Gasteiger partial charge in [-0.1, -0.05) is 31.2 Å². The second kappa shape index (κ2) is 8.26. The molecule has 1 N–H and O–H groups in total. The molecule has 172 valence electrons. The van der Waals surface area contributed by atoms with Gasteiger partial charge in [0.2, 0.25) is 5.78 Å². The van der Waals surface area contributed by atoms with E-state index in [-0.39, 0.29) is 11.3 Å². The zero-order valence-electron chi connectivity index (χ0n) is 19.0. The number of benzene rings is 2. The molecule has 0 saturated carbocycles. The molecule has 1 amide bonds. The third-order valence-corrected chi connectivity index (χ3v) is 6.06. The quantitative estimate of drug-likeness (QED) is 0.374.